The van der Waals surface area contributed by atoms with Gasteiger partial charge in [-0.25, -0.2) is 4.79 Å². The molecule has 92 heavy (non-hydrogen) atoms. The molecule has 534 valence electrons. The lowest BCUT2D eigenvalue weighted by Crippen LogP contribution is -2.49. The van der Waals surface area contributed by atoms with Crippen LogP contribution in [0.4, 0.5) is 0 Å². The fraction of sp³-hybridized carbons (Fsp3) is 0.855. The third kappa shape index (κ3) is 16.4. The zero-order valence-corrected chi connectivity index (χ0v) is 51.6. The minimum Gasteiger partial charge on any atom is -0.469 e. The van der Waals surface area contributed by atoms with Crippen molar-refractivity contribution in [2.24, 2.45) is 51.2 Å². The van der Waals surface area contributed by atoms with Gasteiger partial charge in [0.15, 0.2) is 36.6 Å². The first kappa shape index (κ1) is 86.6. The van der Waals surface area contributed by atoms with Crippen LogP contribution in [0.3, 0.4) is 0 Å². The van der Waals surface area contributed by atoms with Crippen molar-refractivity contribution in [3.05, 3.63) is 0 Å². The Labute approximate surface area is 550 Å². The topological polar surface area (TPSA) is 291 Å². The highest BCUT2D eigenvalue weighted by Crippen LogP contribution is 2.54. The van der Waals surface area contributed by atoms with Crippen molar-refractivity contribution in [1.29, 1.82) is 0 Å². The van der Waals surface area contributed by atoms with E-state index in [2.05, 4.69) is 0 Å². The molecule has 0 aromatic rings. The van der Waals surface area contributed by atoms with Gasteiger partial charge in [-0.15, -0.1) is 0 Å². The molecule has 10 saturated heterocycles. The molecule has 1 aliphatic carbocycles. The van der Waals surface area contributed by atoms with Crippen LogP contribution in [0.2, 0.25) is 0 Å². The zero-order valence-electron chi connectivity index (χ0n) is 51.6. The van der Waals surface area contributed by atoms with E-state index < -0.39 is 148 Å². The van der Waals surface area contributed by atoms with Crippen molar-refractivity contribution in [1.82, 2.24) is 0 Å². The maximum Gasteiger partial charge on any atom is 0.348 e. The monoisotopic (exact) mass is 1320 g/mol. The van der Waals surface area contributed by atoms with Gasteiger partial charge in [0, 0.05) is 6.42 Å². The molecule has 1 saturated carbocycles. The SMILES string of the molecule is C.C.C.C.C.C.C.C.CCC(C)(C)C(=O)OC1C2CC3C(=O)OC1C3O2.CCC(C)(C)C(=O)OC1C2OC(=O)C3C2OC1C3C(=O)OC.CCC(C)(C)C(=O)OC1C2OC(=O)C3C2OC1C3C(=O)OC(C)(C)C.CCC(C)(C)C(=O)OC1CC2(CCCCC2)OC1=O. The molecular weight excluding hydrogens is 1200 g/mol. The maximum absolute atomic E-state index is 12.6. The largest absolute Gasteiger partial charge is 0.469 e. The number of carbonyl (C=O) groups is 10. The van der Waals surface area contributed by atoms with Crippen molar-refractivity contribution in [3.8, 4) is 0 Å². The lowest BCUT2D eigenvalue weighted by Gasteiger charge is -2.31. The number of hydrogen-bond acceptors (Lipinski definition) is 23. The first-order chi connectivity index (χ1) is 39.1. The first-order valence-corrected chi connectivity index (χ1v) is 30.1. The molecule has 0 N–H and O–H groups in total. The van der Waals surface area contributed by atoms with Crippen LogP contribution in [0.15, 0.2) is 0 Å². The fourth-order valence-corrected chi connectivity index (χ4v) is 12.4. The summed E-state index contributed by atoms with van der Waals surface area (Å²) in [6.45, 7) is 27.5. The molecule has 11 aliphatic rings. The van der Waals surface area contributed by atoms with E-state index in [9.17, 15) is 47.9 Å². The van der Waals surface area contributed by atoms with E-state index in [1.165, 1.54) is 13.5 Å². The van der Waals surface area contributed by atoms with E-state index in [-0.39, 0.29) is 113 Å². The molecule has 10 aliphatic heterocycles. The maximum atomic E-state index is 12.6. The van der Waals surface area contributed by atoms with Gasteiger partial charge in [0.2, 0.25) is 6.10 Å². The van der Waals surface area contributed by atoms with Crippen LogP contribution in [0.1, 0.15) is 234 Å². The van der Waals surface area contributed by atoms with E-state index in [1.54, 1.807) is 48.5 Å². The molecule has 0 amide bonds. The summed E-state index contributed by atoms with van der Waals surface area (Å²) in [4.78, 5) is 121. The minimum atomic E-state index is -0.807. The van der Waals surface area contributed by atoms with Crippen LogP contribution in [-0.4, -0.2) is 157 Å². The average Bonchev–Trinajstić information content (AvgIpc) is 1.56. The standard InChI is InChI=1S/C18H26O7.C15H20O7.C15H24O4.C13H18O5.8CH4/c1-7-18(5,6)16(21)24-13-11-9(15(20)25-17(2,3)4)8-10(22-11)12(13)23-14(8)19;1-5-15(2,3)14(18)22-11-8-6(12(16)19-4)7-9(20-8)10(11)21-13(7)17;1-4-14(2,3)13(17)18-11-10-15(19-12(11)16)8-6-5-7-9-15;1-4-13(2,3)12(15)18-9-7-5-6-8(16-7)10(9)17-11(6)14;;;;;;;;/h8-13H,7H2,1-6H3;6-11H,5H2,1-4H3;11H,4-10H2,1-3H3;6-10H,4-5H2,1-3H3;8*1H4. The molecule has 1 spiro atoms. The molecule has 0 aromatic carbocycles. The molecule has 0 aromatic heterocycles. The third-order valence-electron chi connectivity index (χ3n) is 19.4. The van der Waals surface area contributed by atoms with E-state index in [0.29, 0.717) is 38.5 Å². The second kappa shape index (κ2) is 31.9. The number of esters is 10. The average molecular weight is 1320 g/mol. The Morgan fingerprint density at radius 2 is 0.815 bits per heavy atom. The van der Waals surface area contributed by atoms with Crippen LogP contribution >= 0.6 is 0 Å². The van der Waals surface area contributed by atoms with E-state index in [0.717, 1.165) is 25.7 Å². The fourth-order valence-electron chi connectivity index (χ4n) is 12.4. The Hall–Kier alpha value is -5.42. The van der Waals surface area contributed by atoms with Crippen LogP contribution in [0.5, 0.6) is 0 Å². The van der Waals surface area contributed by atoms with E-state index >= 15 is 0 Å². The van der Waals surface area contributed by atoms with Gasteiger partial charge in [-0.05, 0) is 134 Å². The highest BCUT2D eigenvalue weighted by Gasteiger charge is 2.74. The summed E-state index contributed by atoms with van der Waals surface area (Å²) in [5, 5.41) is 0. The second-order valence-electron chi connectivity index (χ2n) is 27.8. The molecule has 23 heteroatoms. The predicted octanol–water partition coefficient (Wildman–Crippen LogP) is 11.2. The lowest BCUT2D eigenvalue weighted by atomic mass is 9.78. The van der Waals surface area contributed by atoms with Crippen LogP contribution < -0.4 is 0 Å². The number of methoxy groups -OCH3 is 1. The summed E-state index contributed by atoms with van der Waals surface area (Å²) in [7, 11) is 1.26. The number of hydrogen-bond donors (Lipinski definition) is 0. The Kier molecular flexibility index (Phi) is 30.0. The van der Waals surface area contributed by atoms with Crippen LogP contribution in [-0.2, 0) is 110 Å². The quantitative estimate of drug-likeness (QED) is 0.115. The summed E-state index contributed by atoms with van der Waals surface area (Å²) >= 11 is 0. The second-order valence-corrected chi connectivity index (χ2v) is 27.8. The Morgan fingerprint density at radius 1 is 0.446 bits per heavy atom. The summed E-state index contributed by atoms with van der Waals surface area (Å²) in [5.74, 6) is -6.98. The third-order valence-corrected chi connectivity index (χ3v) is 19.4. The Balaban J connectivity index is 0.00000117. The van der Waals surface area contributed by atoms with Gasteiger partial charge in [-0.2, -0.15) is 0 Å². The van der Waals surface area contributed by atoms with E-state index in [1.807, 2.05) is 55.4 Å². The van der Waals surface area contributed by atoms with Crippen molar-refractivity contribution >= 4 is 59.7 Å². The van der Waals surface area contributed by atoms with E-state index in [4.69, 9.17) is 61.6 Å². The number of rotatable bonds is 14. The lowest BCUT2D eigenvalue weighted by molar-refractivity contribution is -0.174. The molecule has 11 rings (SSSR count). The highest BCUT2D eigenvalue weighted by molar-refractivity contribution is 5.88. The molecule has 6 bridgehead atoms. The Bertz CT molecular complexity index is 2590. The number of carbonyl (C=O) groups excluding carboxylic acids is 10. The normalized spacial score (nSPS) is 32.6. The molecule has 18 unspecified atom stereocenters. The van der Waals surface area contributed by atoms with Crippen LogP contribution in [0.25, 0.3) is 0 Å². The molecule has 10 heterocycles. The molecular formula is C69H120O23. The van der Waals surface area contributed by atoms with Gasteiger partial charge >= 0.3 is 59.7 Å². The van der Waals surface area contributed by atoms with Gasteiger partial charge in [0.25, 0.3) is 0 Å². The first-order valence-electron chi connectivity index (χ1n) is 30.1. The van der Waals surface area contributed by atoms with Crippen molar-refractivity contribution < 1.29 is 110 Å². The van der Waals surface area contributed by atoms with Crippen LogP contribution in [0, 0.1) is 51.2 Å². The Morgan fingerprint density at radius 3 is 1.21 bits per heavy atom. The van der Waals surface area contributed by atoms with Crippen molar-refractivity contribution in [3.63, 3.8) is 0 Å². The van der Waals surface area contributed by atoms with Gasteiger partial charge in [-0.1, -0.05) is 93.5 Å². The molecule has 23 nitrogen and oxygen atoms in total. The molecule has 18 atom stereocenters. The highest BCUT2D eigenvalue weighted by atomic mass is 16.7. The van der Waals surface area contributed by atoms with Crippen molar-refractivity contribution in [2.45, 2.75) is 324 Å². The number of fused-ring (bicyclic) bond motifs is 3. The smallest absolute Gasteiger partial charge is 0.348 e. The predicted molar refractivity (Wildman–Crippen MR) is 342 cm³/mol. The van der Waals surface area contributed by atoms with Gasteiger partial charge in [0.1, 0.15) is 65.4 Å². The molecule has 0 radical (unpaired) electrons. The summed E-state index contributed by atoms with van der Waals surface area (Å²) in [5.41, 5.74) is -3.39. The van der Waals surface area contributed by atoms with Gasteiger partial charge in [-0.3, -0.25) is 43.2 Å². The van der Waals surface area contributed by atoms with Gasteiger partial charge < -0.3 is 61.6 Å². The van der Waals surface area contributed by atoms with Crippen molar-refractivity contribution in [2.75, 3.05) is 7.11 Å². The minimum absolute atomic E-state index is 0. The summed E-state index contributed by atoms with van der Waals surface area (Å²) < 4.78 is 70.9. The zero-order chi connectivity index (χ0) is 62.1. The number of ether oxygens (including phenoxy) is 13. The van der Waals surface area contributed by atoms with Gasteiger partial charge in [0.05, 0.1) is 40.8 Å². The molecule has 11 fully saturated rings. The summed E-state index contributed by atoms with van der Waals surface area (Å²) in [6, 6.07) is 0. The summed E-state index contributed by atoms with van der Waals surface area (Å²) in [6.07, 6.45) is 1.80.